The number of esters is 3. The molecule has 0 aromatic heterocycles. The molecule has 0 rings (SSSR count). The lowest BCUT2D eigenvalue weighted by Gasteiger charge is -2.18. The van der Waals surface area contributed by atoms with Crippen LogP contribution in [0.5, 0.6) is 0 Å². The molecule has 0 spiro atoms. The summed E-state index contributed by atoms with van der Waals surface area (Å²) < 4.78 is 16.5. The van der Waals surface area contributed by atoms with Gasteiger partial charge in [-0.15, -0.1) is 0 Å². The number of hydrogen-bond donors (Lipinski definition) is 0. The average molecular weight is 625 g/mol. The highest BCUT2D eigenvalue weighted by molar-refractivity contribution is 5.71. The number of hydrogen-bond acceptors (Lipinski definition) is 6. The van der Waals surface area contributed by atoms with Crippen LogP contribution in [0.2, 0.25) is 0 Å². The van der Waals surface area contributed by atoms with Gasteiger partial charge in [-0.05, 0) is 31.1 Å². The predicted octanol–water partition coefficient (Wildman–Crippen LogP) is 11.1. The molecule has 44 heavy (non-hydrogen) atoms. The highest BCUT2D eigenvalue weighted by Crippen LogP contribution is 2.15. The molecule has 1 atom stereocenters. The van der Waals surface area contributed by atoms with Crippen molar-refractivity contribution in [1.29, 1.82) is 0 Å². The first-order valence-electron chi connectivity index (χ1n) is 18.7. The third kappa shape index (κ3) is 31.8. The molecule has 0 heterocycles. The molecule has 0 saturated heterocycles. The van der Waals surface area contributed by atoms with Gasteiger partial charge in [-0.25, -0.2) is 0 Å². The van der Waals surface area contributed by atoms with Crippen LogP contribution in [0.3, 0.4) is 0 Å². The third-order valence-corrected chi connectivity index (χ3v) is 8.22. The van der Waals surface area contributed by atoms with E-state index in [0.29, 0.717) is 19.3 Å². The summed E-state index contributed by atoms with van der Waals surface area (Å²) in [6.07, 6.45) is 25.5. The van der Waals surface area contributed by atoms with E-state index >= 15 is 0 Å². The molecule has 0 aromatic rings. The van der Waals surface area contributed by atoms with Crippen LogP contribution < -0.4 is 0 Å². The van der Waals surface area contributed by atoms with E-state index in [1.54, 1.807) is 0 Å². The van der Waals surface area contributed by atoms with Gasteiger partial charge in [0.05, 0.1) is 0 Å². The molecule has 0 unspecified atom stereocenters. The second kappa shape index (κ2) is 31.4. The summed E-state index contributed by atoms with van der Waals surface area (Å²) in [6.45, 7) is 11.1. The second-order valence-corrected chi connectivity index (χ2v) is 13.8. The highest BCUT2D eigenvalue weighted by atomic mass is 16.6. The molecule has 6 nitrogen and oxygen atoms in total. The van der Waals surface area contributed by atoms with E-state index in [0.717, 1.165) is 69.6 Å². The molecular weight excluding hydrogens is 552 g/mol. The summed E-state index contributed by atoms with van der Waals surface area (Å²) in [6, 6.07) is 0. The van der Waals surface area contributed by atoms with Crippen molar-refractivity contribution in [3.63, 3.8) is 0 Å². The van der Waals surface area contributed by atoms with Gasteiger partial charge in [0.25, 0.3) is 0 Å². The standard InChI is InChI=1S/C38H72O6/c1-6-7-8-9-11-20-25-30-38(41)44-35(32-43-37(40)29-24-19-15-14-17-22-27-34(4)5)31-42-36(39)28-23-18-13-10-12-16-21-26-33(2)3/h33-35H,6-32H2,1-5H3/t35-/m1/s1. The Bertz CT molecular complexity index is 674. The zero-order valence-corrected chi connectivity index (χ0v) is 29.8. The smallest absolute Gasteiger partial charge is 0.306 e. The van der Waals surface area contributed by atoms with E-state index in [4.69, 9.17) is 14.2 Å². The third-order valence-electron chi connectivity index (χ3n) is 8.22. The first-order chi connectivity index (χ1) is 21.2. The van der Waals surface area contributed by atoms with E-state index in [-0.39, 0.29) is 31.1 Å². The molecule has 6 heteroatoms. The quantitative estimate of drug-likeness (QED) is 0.0421. The van der Waals surface area contributed by atoms with E-state index in [1.165, 1.54) is 83.5 Å². The van der Waals surface area contributed by atoms with Crippen LogP contribution in [0, 0.1) is 11.8 Å². The number of carbonyl (C=O) groups excluding carboxylic acids is 3. The fourth-order valence-corrected chi connectivity index (χ4v) is 5.34. The van der Waals surface area contributed by atoms with Crippen LogP contribution >= 0.6 is 0 Å². The van der Waals surface area contributed by atoms with E-state index in [1.807, 2.05) is 0 Å². The summed E-state index contributed by atoms with van der Waals surface area (Å²) in [5.41, 5.74) is 0. The van der Waals surface area contributed by atoms with Gasteiger partial charge < -0.3 is 14.2 Å². The molecule has 0 aromatic carbocycles. The zero-order valence-electron chi connectivity index (χ0n) is 29.8. The monoisotopic (exact) mass is 625 g/mol. The molecular formula is C38H72O6. The Kier molecular flexibility index (Phi) is 30.3. The van der Waals surface area contributed by atoms with Crippen LogP contribution in [0.15, 0.2) is 0 Å². The van der Waals surface area contributed by atoms with E-state index < -0.39 is 6.10 Å². The maximum absolute atomic E-state index is 12.5. The molecule has 0 saturated carbocycles. The number of unbranched alkanes of at least 4 members (excludes halogenated alkanes) is 17. The molecule has 0 fully saturated rings. The van der Waals surface area contributed by atoms with Crippen molar-refractivity contribution in [2.75, 3.05) is 13.2 Å². The summed E-state index contributed by atoms with van der Waals surface area (Å²) >= 11 is 0. The summed E-state index contributed by atoms with van der Waals surface area (Å²) in [5, 5.41) is 0. The summed E-state index contributed by atoms with van der Waals surface area (Å²) in [4.78, 5) is 37.2. The topological polar surface area (TPSA) is 78.9 Å². The van der Waals surface area contributed by atoms with Gasteiger partial charge >= 0.3 is 17.9 Å². The Morgan fingerprint density at radius 2 is 0.750 bits per heavy atom. The first kappa shape index (κ1) is 42.4. The van der Waals surface area contributed by atoms with Gasteiger partial charge in [0.2, 0.25) is 0 Å². The minimum absolute atomic E-state index is 0.0684. The van der Waals surface area contributed by atoms with Gasteiger partial charge in [-0.1, -0.05) is 157 Å². The second-order valence-electron chi connectivity index (χ2n) is 13.8. The van der Waals surface area contributed by atoms with Gasteiger partial charge in [-0.3, -0.25) is 14.4 Å². The highest BCUT2D eigenvalue weighted by Gasteiger charge is 2.19. The van der Waals surface area contributed by atoms with Gasteiger partial charge in [0.15, 0.2) is 6.10 Å². The molecule has 0 aliphatic rings. The summed E-state index contributed by atoms with van der Waals surface area (Å²) in [5.74, 6) is 0.663. The van der Waals surface area contributed by atoms with Crippen molar-refractivity contribution in [2.24, 2.45) is 11.8 Å². The van der Waals surface area contributed by atoms with Crippen molar-refractivity contribution in [1.82, 2.24) is 0 Å². The molecule has 0 aliphatic carbocycles. The zero-order chi connectivity index (χ0) is 32.7. The number of carbonyl (C=O) groups is 3. The molecule has 0 N–H and O–H groups in total. The average Bonchev–Trinajstić information content (AvgIpc) is 2.98. The van der Waals surface area contributed by atoms with Crippen molar-refractivity contribution >= 4 is 17.9 Å². The Morgan fingerprint density at radius 1 is 0.432 bits per heavy atom. The Labute approximate surface area is 272 Å². The largest absolute Gasteiger partial charge is 0.462 e. The number of ether oxygens (including phenoxy) is 3. The summed E-state index contributed by atoms with van der Waals surface area (Å²) in [7, 11) is 0. The Morgan fingerprint density at radius 3 is 1.11 bits per heavy atom. The van der Waals surface area contributed by atoms with Crippen LogP contribution in [-0.4, -0.2) is 37.2 Å². The molecule has 0 amide bonds. The number of rotatable bonds is 32. The predicted molar refractivity (Wildman–Crippen MR) is 183 cm³/mol. The van der Waals surface area contributed by atoms with Crippen molar-refractivity contribution in [3.05, 3.63) is 0 Å². The van der Waals surface area contributed by atoms with Crippen molar-refractivity contribution in [2.45, 2.75) is 201 Å². The van der Waals surface area contributed by atoms with Crippen molar-refractivity contribution in [3.8, 4) is 0 Å². The fraction of sp³-hybridized carbons (Fsp3) is 0.921. The van der Waals surface area contributed by atoms with E-state index in [2.05, 4.69) is 34.6 Å². The lowest BCUT2D eigenvalue weighted by Crippen LogP contribution is -2.30. The Balaban J connectivity index is 4.34. The molecule has 0 radical (unpaired) electrons. The van der Waals surface area contributed by atoms with Crippen LogP contribution in [-0.2, 0) is 28.6 Å². The maximum atomic E-state index is 12.5. The van der Waals surface area contributed by atoms with Crippen LogP contribution in [0.4, 0.5) is 0 Å². The molecule has 260 valence electrons. The van der Waals surface area contributed by atoms with Crippen molar-refractivity contribution < 1.29 is 28.6 Å². The van der Waals surface area contributed by atoms with Gasteiger partial charge in [0, 0.05) is 19.3 Å². The SMILES string of the molecule is CCCCCCCCCC(=O)O[C@H](COC(=O)CCCCCCCCCC(C)C)COC(=O)CCCCCCCCC(C)C. The minimum atomic E-state index is -0.758. The maximum Gasteiger partial charge on any atom is 0.306 e. The normalized spacial score (nSPS) is 12.1. The van der Waals surface area contributed by atoms with Gasteiger partial charge in [-0.2, -0.15) is 0 Å². The van der Waals surface area contributed by atoms with Gasteiger partial charge in [0.1, 0.15) is 13.2 Å². The van der Waals surface area contributed by atoms with E-state index in [9.17, 15) is 14.4 Å². The van der Waals surface area contributed by atoms with Crippen LogP contribution in [0.1, 0.15) is 195 Å². The van der Waals surface area contributed by atoms with Crippen LogP contribution in [0.25, 0.3) is 0 Å². The lowest BCUT2D eigenvalue weighted by molar-refractivity contribution is -0.167. The fourth-order valence-electron chi connectivity index (χ4n) is 5.34. The minimum Gasteiger partial charge on any atom is -0.462 e. The lowest BCUT2D eigenvalue weighted by atomic mass is 10.0. The first-order valence-corrected chi connectivity index (χ1v) is 18.7. The molecule has 0 bridgehead atoms. The Hall–Kier alpha value is -1.59. The molecule has 0 aliphatic heterocycles.